The molecule has 0 saturated heterocycles. The minimum Gasteiger partial charge on any atom is -0.484 e. The summed E-state index contributed by atoms with van der Waals surface area (Å²) in [6.45, 7) is 34.1. The average Bonchev–Trinajstić information content (AvgIpc) is 2.73. The molecule has 2 nitrogen and oxygen atoms in total. The largest absolute Gasteiger partial charge is 0.484 e. The molecule has 0 N–H and O–H groups in total. The molecule has 186 valence electrons. The van der Waals surface area contributed by atoms with Gasteiger partial charge in [-0.25, -0.2) is 4.39 Å². The molecule has 3 heteroatoms. The summed E-state index contributed by atoms with van der Waals surface area (Å²) in [5, 5.41) is 0. The summed E-state index contributed by atoms with van der Waals surface area (Å²) in [6.07, 6.45) is 8.65. The average molecular weight is 458 g/mol. The zero-order chi connectivity index (χ0) is 26.4. The fourth-order valence-electron chi connectivity index (χ4n) is 2.97. The lowest BCUT2D eigenvalue weighted by Gasteiger charge is -2.34. The van der Waals surface area contributed by atoms with Gasteiger partial charge in [0.15, 0.2) is 0 Å². The molecule has 0 aromatic heterocycles. The molecule has 0 bridgehead atoms. The van der Waals surface area contributed by atoms with Crippen molar-refractivity contribution in [2.24, 2.45) is 5.41 Å². The molecule has 0 heterocycles. The topological polar surface area (TPSA) is 12.5 Å². The van der Waals surface area contributed by atoms with Crippen LogP contribution in [0.5, 0.6) is 0 Å². The normalized spacial score (nSPS) is 15.1. The Morgan fingerprint density at radius 2 is 1.52 bits per heavy atom. The van der Waals surface area contributed by atoms with E-state index < -0.39 is 11.3 Å². The molecule has 33 heavy (non-hydrogen) atoms. The first-order valence-corrected chi connectivity index (χ1v) is 11.7. The van der Waals surface area contributed by atoms with Crippen molar-refractivity contribution in [1.82, 2.24) is 4.90 Å². The number of hydrogen-bond acceptors (Lipinski definition) is 2. The first-order chi connectivity index (χ1) is 14.8. The third-order valence-electron chi connectivity index (χ3n) is 6.58. The predicted octanol–water partition coefficient (Wildman–Crippen LogP) is 9.22. The standard InChI is InChI=1S/C30H48FNO/c1-16-26(33-29(11,12)18-3)20-27(28(9,10)17-2)23(6)25(8)32(15)24(7)21(4)19-22(5)30(13,14)31/h16,18-20H,3,6,8,17H2,1-2,4-5,7,9-15H3/b22-19+,24-21+,26-16+,27-20+. The highest BCUT2D eigenvalue weighted by Gasteiger charge is 2.27. The molecule has 0 amide bonds. The zero-order valence-electron chi connectivity index (χ0n) is 23.4. The number of alkyl halides is 1. The van der Waals surface area contributed by atoms with Crippen molar-refractivity contribution in [3.05, 3.63) is 83.5 Å². The van der Waals surface area contributed by atoms with E-state index in [1.165, 1.54) is 0 Å². The maximum Gasteiger partial charge on any atom is 0.126 e. The molecule has 0 aliphatic carbocycles. The van der Waals surface area contributed by atoms with Crippen LogP contribution < -0.4 is 0 Å². The molecule has 0 aliphatic heterocycles. The number of hydrogen-bond donors (Lipinski definition) is 0. The highest BCUT2D eigenvalue weighted by Crippen LogP contribution is 2.39. The van der Waals surface area contributed by atoms with Crippen LogP contribution in [0.15, 0.2) is 83.5 Å². The molecule has 0 rings (SSSR count). The van der Waals surface area contributed by atoms with Gasteiger partial charge in [-0.15, -0.1) is 0 Å². The third kappa shape index (κ3) is 8.87. The first kappa shape index (κ1) is 30.7. The lowest BCUT2D eigenvalue weighted by molar-refractivity contribution is 0.0864. The van der Waals surface area contributed by atoms with Crippen LogP contribution >= 0.6 is 0 Å². The number of allylic oxidation sites excluding steroid dienone is 7. The summed E-state index contributed by atoms with van der Waals surface area (Å²) in [6, 6.07) is 0. The predicted molar refractivity (Wildman–Crippen MR) is 145 cm³/mol. The van der Waals surface area contributed by atoms with E-state index in [0.717, 1.165) is 40.3 Å². The summed E-state index contributed by atoms with van der Waals surface area (Å²) in [5.41, 5.74) is 3.39. The number of nitrogens with zero attached hydrogens (tertiary/aromatic N) is 1. The van der Waals surface area contributed by atoms with Gasteiger partial charge in [-0.3, -0.25) is 0 Å². The van der Waals surface area contributed by atoms with Gasteiger partial charge in [0.25, 0.3) is 0 Å². The maximum atomic E-state index is 14.3. The van der Waals surface area contributed by atoms with Crippen molar-refractivity contribution < 1.29 is 9.13 Å². The van der Waals surface area contributed by atoms with Crippen LogP contribution in [0, 0.1) is 5.41 Å². The quantitative estimate of drug-likeness (QED) is 0.164. The van der Waals surface area contributed by atoms with Crippen LogP contribution in [0.25, 0.3) is 0 Å². The van der Waals surface area contributed by atoms with Crippen molar-refractivity contribution in [3.63, 3.8) is 0 Å². The molecule has 0 saturated carbocycles. The van der Waals surface area contributed by atoms with Crippen molar-refractivity contribution in [1.29, 1.82) is 0 Å². The van der Waals surface area contributed by atoms with Gasteiger partial charge in [0.2, 0.25) is 0 Å². The van der Waals surface area contributed by atoms with Crippen molar-refractivity contribution >= 4 is 0 Å². The van der Waals surface area contributed by atoms with Crippen LogP contribution in [0.2, 0.25) is 0 Å². The first-order valence-electron chi connectivity index (χ1n) is 11.7. The molecule has 0 spiro atoms. The van der Waals surface area contributed by atoms with Crippen LogP contribution in [-0.4, -0.2) is 23.2 Å². The van der Waals surface area contributed by atoms with E-state index in [2.05, 4.69) is 46.6 Å². The number of ether oxygens (including phenoxy) is 1. The Morgan fingerprint density at radius 1 is 1.00 bits per heavy atom. The lowest BCUT2D eigenvalue weighted by Crippen LogP contribution is -2.24. The minimum atomic E-state index is -1.36. The van der Waals surface area contributed by atoms with Crippen LogP contribution in [0.1, 0.15) is 82.6 Å². The highest BCUT2D eigenvalue weighted by atomic mass is 19.1. The fraction of sp³-hybridized carbons (Fsp3) is 0.533. The Kier molecular flexibility index (Phi) is 10.9. The van der Waals surface area contributed by atoms with Gasteiger partial charge in [-0.1, -0.05) is 46.6 Å². The molecule has 0 unspecified atom stereocenters. The van der Waals surface area contributed by atoms with E-state index in [0.29, 0.717) is 5.57 Å². The summed E-state index contributed by atoms with van der Waals surface area (Å²) < 4.78 is 20.5. The number of likely N-dealkylation sites (N-methyl/N-ethyl adjacent to an activating group) is 1. The summed E-state index contributed by atoms with van der Waals surface area (Å²) in [7, 11) is 1.97. The molecule has 0 atom stereocenters. The summed E-state index contributed by atoms with van der Waals surface area (Å²) in [5.74, 6) is 0.764. The monoisotopic (exact) mass is 457 g/mol. The Balaban J connectivity index is 6.33. The van der Waals surface area contributed by atoms with Gasteiger partial charge >= 0.3 is 0 Å². The van der Waals surface area contributed by atoms with Gasteiger partial charge in [-0.05, 0) is 108 Å². The molecule has 0 aromatic rings. The summed E-state index contributed by atoms with van der Waals surface area (Å²) >= 11 is 0. The van der Waals surface area contributed by atoms with E-state index in [1.54, 1.807) is 19.9 Å². The smallest absolute Gasteiger partial charge is 0.126 e. The Labute approximate surface area is 204 Å². The zero-order valence-corrected chi connectivity index (χ0v) is 23.4. The lowest BCUT2D eigenvalue weighted by atomic mass is 9.77. The second-order valence-electron chi connectivity index (χ2n) is 10.4. The second-order valence-corrected chi connectivity index (χ2v) is 10.4. The van der Waals surface area contributed by atoms with E-state index in [4.69, 9.17) is 4.74 Å². The van der Waals surface area contributed by atoms with Crippen molar-refractivity contribution in [2.75, 3.05) is 7.05 Å². The van der Waals surface area contributed by atoms with Crippen LogP contribution in [0.4, 0.5) is 4.39 Å². The Hall–Kier alpha value is -2.29. The molecule has 0 aromatic carbocycles. The summed E-state index contributed by atoms with van der Waals surface area (Å²) in [4.78, 5) is 2.02. The molecule has 0 aliphatic rings. The molecular formula is C30H48FNO. The second kappa shape index (κ2) is 11.7. The van der Waals surface area contributed by atoms with Crippen molar-refractivity contribution in [3.8, 4) is 0 Å². The van der Waals surface area contributed by atoms with Crippen LogP contribution in [-0.2, 0) is 4.74 Å². The third-order valence-corrected chi connectivity index (χ3v) is 6.58. The fourth-order valence-corrected chi connectivity index (χ4v) is 2.97. The molecule has 0 radical (unpaired) electrons. The molecular weight excluding hydrogens is 409 g/mol. The SMILES string of the molecule is C=CC(C)(C)OC(/C=C(\C(=C)C(=C)N(C)/C(C)=C(C)/C=C(\C)C(C)(C)F)C(C)(C)CC)=C/C. The maximum absolute atomic E-state index is 14.3. The Morgan fingerprint density at radius 3 is 1.91 bits per heavy atom. The van der Waals surface area contributed by atoms with E-state index in [-0.39, 0.29) is 5.41 Å². The van der Waals surface area contributed by atoms with E-state index in [9.17, 15) is 4.39 Å². The molecule has 0 fully saturated rings. The van der Waals surface area contributed by atoms with Gasteiger partial charge in [0.1, 0.15) is 17.0 Å². The Bertz CT molecular complexity index is 869. The van der Waals surface area contributed by atoms with Gasteiger partial charge in [0, 0.05) is 18.4 Å². The number of halogens is 1. The minimum absolute atomic E-state index is 0.141. The van der Waals surface area contributed by atoms with Gasteiger partial charge < -0.3 is 9.64 Å². The number of rotatable bonds is 12. The van der Waals surface area contributed by atoms with E-state index in [1.807, 2.05) is 65.6 Å². The van der Waals surface area contributed by atoms with E-state index >= 15 is 0 Å². The highest BCUT2D eigenvalue weighted by molar-refractivity contribution is 5.49. The van der Waals surface area contributed by atoms with Gasteiger partial charge in [0.05, 0.1) is 0 Å². The van der Waals surface area contributed by atoms with Crippen LogP contribution in [0.3, 0.4) is 0 Å². The van der Waals surface area contributed by atoms with Gasteiger partial charge in [-0.2, -0.15) is 0 Å². The van der Waals surface area contributed by atoms with Crippen molar-refractivity contribution in [2.45, 2.75) is 93.9 Å².